The van der Waals surface area contributed by atoms with Crippen molar-refractivity contribution in [3.8, 4) is 5.75 Å². The standard InChI is InChI=1S/C22H24FNO2/c1-2-26-21-10-6-9-20(23)22(21)17-11-18-14-25-15-19(12-17)24(18)13-16-7-4-3-5-8-16/h3-11,18-19H,2,12-15H2,1H3. The molecule has 0 spiro atoms. The van der Waals surface area contributed by atoms with Crippen molar-refractivity contribution in [3.05, 3.63) is 71.6 Å². The fraction of sp³-hybridized carbons (Fsp3) is 0.364. The van der Waals surface area contributed by atoms with E-state index in [1.165, 1.54) is 11.6 Å². The van der Waals surface area contributed by atoms with E-state index < -0.39 is 0 Å². The number of morpholine rings is 1. The van der Waals surface area contributed by atoms with Crippen molar-refractivity contribution in [3.63, 3.8) is 0 Å². The van der Waals surface area contributed by atoms with Crippen LogP contribution in [0.5, 0.6) is 5.75 Å². The fourth-order valence-corrected chi connectivity index (χ4v) is 3.98. The van der Waals surface area contributed by atoms with Gasteiger partial charge in [-0.1, -0.05) is 42.5 Å². The minimum atomic E-state index is -0.210. The highest BCUT2D eigenvalue weighted by Crippen LogP contribution is 2.38. The molecule has 4 rings (SSSR count). The maximum atomic E-state index is 14.6. The van der Waals surface area contributed by atoms with Crippen LogP contribution < -0.4 is 4.74 Å². The average Bonchev–Trinajstić information content (AvgIpc) is 2.63. The van der Waals surface area contributed by atoms with Gasteiger partial charge in [0, 0.05) is 12.6 Å². The number of nitrogens with zero attached hydrogens (tertiary/aromatic N) is 1. The molecule has 3 nitrogen and oxygen atoms in total. The van der Waals surface area contributed by atoms with E-state index in [1.54, 1.807) is 6.07 Å². The topological polar surface area (TPSA) is 21.7 Å². The van der Waals surface area contributed by atoms with Crippen LogP contribution in [0.4, 0.5) is 4.39 Å². The Labute approximate surface area is 154 Å². The van der Waals surface area contributed by atoms with Gasteiger partial charge in [-0.3, -0.25) is 4.90 Å². The summed E-state index contributed by atoms with van der Waals surface area (Å²) in [5, 5.41) is 0. The lowest BCUT2D eigenvalue weighted by Crippen LogP contribution is -2.53. The molecule has 0 aromatic heterocycles. The van der Waals surface area contributed by atoms with Crippen molar-refractivity contribution < 1.29 is 13.9 Å². The number of halogens is 1. The Hall–Kier alpha value is -2.17. The highest BCUT2D eigenvalue weighted by atomic mass is 19.1. The Balaban J connectivity index is 1.65. The molecule has 0 amide bonds. The molecule has 0 aliphatic carbocycles. The number of hydrogen-bond donors (Lipinski definition) is 0. The van der Waals surface area contributed by atoms with Crippen LogP contribution in [0.3, 0.4) is 0 Å². The van der Waals surface area contributed by atoms with Gasteiger partial charge >= 0.3 is 0 Å². The van der Waals surface area contributed by atoms with Gasteiger partial charge in [0.2, 0.25) is 0 Å². The highest BCUT2D eigenvalue weighted by molar-refractivity contribution is 5.73. The van der Waals surface area contributed by atoms with E-state index in [9.17, 15) is 4.39 Å². The van der Waals surface area contributed by atoms with E-state index in [0.29, 0.717) is 31.1 Å². The molecular weight excluding hydrogens is 329 g/mol. The van der Waals surface area contributed by atoms with Crippen molar-refractivity contribution in [2.24, 2.45) is 0 Å². The first-order valence-electron chi connectivity index (χ1n) is 9.26. The molecule has 0 radical (unpaired) electrons. The van der Waals surface area contributed by atoms with E-state index in [-0.39, 0.29) is 17.9 Å². The molecule has 4 heteroatoms. The van der Waals surface area contributed by atoms with Crippen LogP contribution in [0.25, 0.3) is 5.57 Å². The van der Waals surface area contributed by atoms with Crippen molar-refractivity contribution in [1.29, 1.82) is 0 Å². The molecular formula is C22H24FNO2. The summed E-state index contributed by atoms with van der Waals surface area (Å²) in [5.74, 6) is 0.423. The Morgan fingerprint density at radius 3 is 2.73 bits per heavy atom. The van der Waals surface area contributed by atoms with Crippen LogP contribution in [0, 0.1) is 5.82 Å². The quantitative estimate of drug-likeness (QED) is 0.801. The van der Waals surface area contributed by atoms with Crippen LogP contribution in [0.15, 0.2) is 54.6 Å². The van der Waals surface area contributed by atoms with Gasteiger partial charge in [0.05, 0.1) is 31.4 Å². The molecule has 26 heavy (non-hydrogen) atoms. The van der Waals surface area contributed by atoms with E-state index >= 15 is 0 Å². The number of ether oxygens (including phenoxy) is 2. The van der Waals surface area contributed by atoms with Crippen molar-refractivity contribution >= 4 is 5.57 Å². The molecule has 0 saturated carbocycles. The molecule has 2 unspecified atom stereocenters. The summed E-state index contributed by atoms with van der Waals surface area (Å²) in [6.45, 7) is 4.66. The summed E-state index contributed by atoms with van der Waals surface area (Å²) in [6, 6.07) is 16.0. The van der Waals surface area contributed by atoms with Gasteiger partial charge in [-0.2, -0.15) is 0 Å². The van der Waals surface area contributed by atoms with Gasteiger partial charge in [0.1, 0.15) is 11.6 Å². The largest absolute Gasteiger partial charge is 0.493 e. The van der Waals surface area contributed by atoms with Gasteiger partial charge in [0.25, 0.3) is 0 Å². The van der Waals surface area contributed by atoms with E-state index in [1.807, 2.05) is 19.1 Å². The predicted molar refractivity (Wildman–Crippen MR) is 101 cm³/mol. The second kappa shape index (κ2) is 7.60. The lowest BCUT2D eigenvalue weighted by molar-refractivity contribution is -0.0403. The summed E-state index contributed by atoms with van der Waals surface area (Å²) in [4.78, 5) is 2.48. The molecule has 2 aliphatic rings. The van der Waals surface area contributed by atoms with Crippen molar-refractivity contribution in [2.75, 3.05) is 19.8 Å². The average molecular weight is 353 g/mol. The number of hydrogen-bond acceptors (Lipinski definition) is 3. The van der Waals surface area contributed by atoms with Crippen LogP contribution in [0.2, 0.25) is 0 Å². The van der Waals surface area contributed by atoms with Crippen molar-refractivity contribution in [2.45, 2.75) is 32.0 Å². The normalized spacial score (nSPS) is 22.8. The summed E-state index contributed by atoms with van der Waals surface area (Å²) < 4.78 is 26.1. The summed E-state index contributed by atoms with van der Waals surface area (Å²) in [5.41, 5.74) is 2.95. The fourth-order valence-electron chi connectivity index (χ4n) is 3.98. The van der Waals surface area contributed by atoms with Gasteiger partial charge in [0.15, 0.2) is 0 Å². The number of benzene rings is 2. The first-order chi connectivity index (χ1) is 12.8. The maximum absolute atomic E-state index is 14.6. The van der Waals surface area contributed by atoms with Crippen LogP contribution in [-0.2, 0) is 11.3 Å². The first-order valence-corrected chi connectivity index (χ1v) is 9.26. The maximum Gasteiger partial charge on any atom is 0.134 e. The highest BCUT2D eigenvalue weighted by Gasteiger charge is 2.36. The monoisotopic (exact) mass is 353 g/mol. The lowest BCUT2D eigenvalue weighted by Gasteiger charge is -2.45. The van der Waals surface area contributed by atoms with E-state index in [2.05, 4.69) is 35.2 Å². The molecule has 2 aromatic carbocycles. The predicted octanol–water partition coefficient (Wildman–Crippen LogP) is 4.28. The molecule has 2 aromatic rings. The second-order valence-corrected chi connectivity index (χ2v) is 6.86. The molecule has 2 heterocycles. The zero-order valence-electron chi connectivity index (χ0n) is 15.0. The number of fused-ring (bicyclic) bond motifs is 2. The summed E-state index contributed by atoms with van der Waals surface area (Å²) in [7, 11) is 0. The molecule has 2 aliphatic heterocycles. The second-order valence-electron chi connectivity index (χ2n) is 6.86. The van der Waals surface area contributed by atoms with E-state index in [4.69, 9.17) is 9.47 Å². The Morgan fingerprint density at radius 2 is 1.96 bits per heavy atom. The minimum Gasteiger partial charge on any atom is -0.493 e. The summed E-state index contributed by atoms with van der Waals surface area (Å²) >= 11 is 0. The molecule has 2 atom stereocenters. The minimum absolute atomic E-state index is 0.159. The Bertz CT molecular complexity index is 790. The third-order valence-corrected chi connectivity index (χ3v) is 5.15. The zero-order chi connectivity index (χ0) is 17.9. The SMILES string of the molecule is CCOc1cccc(F)c1C1=CC2COCC(C1)N2Cc1ccccc1. The van der Waals surface area contributed by atoms with Gasteiger partial charge in [-0.05, 0) is 36.6 Å². The van der Waals surface area contributed by atoms with E-state index in [0.717, 1.165) is 18.5 Å². The van der Waals surface area contributed by atoms with Crippen LogP contribution >= 0.6 is 0 Å². The number of rotatable bonds is 5. The lowest BCUT2D eigenvalue weighted by atomic mass is 9.88. The van der Waals surface area contributed by atoms with Gasteiger partial charge < -0.3 is 9.47 Å². The Morgan fingerprint density at radius 1 is 1.12 bits per heavy atom. The third-order valence-electron chi connectivity index (χ3n) is 5.15. The molecule has 2 bridgehead atoms. The first kappa shape index (κ1) is 17.3. The molecule has 1 saturated heterocycles. The van der Waals surface area contributed by atoms with Crippen LogP contribution in [-0.4, -0.2) is 36.8 Å². The molecule has 1 fully saturated rings. The van der Waals surface area contributed by atoms with Gasteiger partial charge in [-0.25, -0.2) is 4.39 Å². The summed E-state index contributed by atoms with van der Waals surface area (Å²) in [6.07, 6.45) is 2.93. The zero-order valence-corrected chi connectivity index (χ0v) is 15.0. The van der Waals surface area contributed by atoms with Crippen molar-refractivity contribution in [1.82, 2.24) is 4.90 Å². The van der Waals surface area contributed by atoms with Gasteiger partial charge in [-0.15, -0.1) is 0 Å². The smallest absolute Gasteiger partial charge is 0.134 e. The third kappa shape index (κ3) is 3.39. The Kier molecular flexibility index (Phi) is 5.05. The molecule has 0 N–H and O–H groups in total. The molecule has 136 valence electrons. The van der Waals surface area contributed by atoms with Crippen LogP contribution in [0.1, 0.15) is 24.5 Å².